The van der Waals surface area contributed by atoms with Gasteiger partial charge in [0.05, 0.1) is 18.4 Å². The summed E-state index contributed by atoms with van der Waals surface area (Å²) in [4.78, 5) is 23.3. The van der Waals surface area contributed by atoms with Gasteiger partial charge in [0, 0.05) is 15.9 Å². The number of ether oxygens (including phenoxy) is 2. The molecule has 0 aliphatic heterocycles. The van der Waals surface area contributed by atoms with Gasteiger partial charge in [-0.15, -0.1) is 0 Å². The molecule has 0 fully saturated rings. The largest absolute Gasteiger partial charge is 0.497 e. The van der Waals surface area contributed by atoms with Gasteiger partial charge in [0.15, 0.2) is 5.78 Å². The monoisotopic (exact) mass is 386 g/mol. The van der Waals surface area contributed by atoms with Crippen LogP contribution in [-0.4, -0.2) is 30.3 Å². The van der Waals surface area contributed by atoms with Crippen molar-refractivity contribution in [2.75, 3.05) is 18.5 Å². The molecule has 0 aliphatic carbocycles. The van der Waals surface area contributed by atoms with E-state index < -0.39 is 5.97 Å². The Morgan fingerprint density at radius 1 is 1.27 bits per heavy atom. The summed E-state index contributed by atoms with van der Waals surface area (Å²) in [6.07, 6.45) is 4.31. The van der Waals surface area contributed by atoms with Crippen LogP contribution in [0, 0.1) is 0 Å². The summed E-state index contributed by atoms with van der Waals surface area (Å²) in [5, 5.41) is 0.912. The molecule has 0 saturated carbocycles. The molecule has 1 rings (SSSR count). The lowest BCUT2D eigenvalue weighted by molar-refractivity contribution is -0.138. The van der Waals surface area contributed by atoms with Gasteiger partial charge >= 0.3 is 5.97 Å². The second kappa shape index (κ2) is 10.2. The van der Waals surface area contributed by atoms with E-state index in [0.29, 0.717) is 28.1 Å². The van der Waals surface area contributed by atoms with Crippen molar-refractivity contribution in [3.8, 4) is 0 Å². The molecule has 118 valence electrons. The van der Waals surface area contributed by atoms with Crippen LogP contribution in [0.1, 0.15) is 17.3 Å². The van der Waals surface area contributed by atoms with Crippen LogP contribution in [-0.2, 0) is 14.3 Å². The van der Waals surface area contributed by atoms with Crippen molar-refractivity contribution in [1.82, 2.24) is 0 Å². The van der Waals surface area contributed by atoms with Gasteiger partial charge in [-0.3, -0.25) is 4.79 Å². The first-order chi connectivity index (χ1) is 10.6. The van der Waals surface area contributed by atoms with Crippen LogP contribution in [0.25, 0.3) is 0 Å². The minimum Gasteiger partial charge on any atom is -0.497 e. The molecule has 0 aliphatic rings. The molecule has 4 nitrogen and oxygen atoms in total. The van der Waals surface area contributed by atoms with Gasteiger partial charge in [-0.05, 0) is 43.3 Å². The van der Waals surface area contributed by atoms with Crippen molar-refractivity contribution in [2.24, 2.45) is 0 Å². The zero-order chi connectivity index (χ0) is 16.4. The van der Waals surface area contributed by atoms with Crippen LogP contribution in [0.5, 0.6) is 0 Å². The first-order valence-corrected chi connectivity index (χ1v) is 8.08. The third kappa shape index (κ3) is 6.45. The highest BCUT2D eigenvalue weighted by Crippen LogP contribution is 2.10. The third-order valence-corrected chi connectivity index (χ3v) is 3.35. The third-order valence-electron chi connectivity index (χ3n) is 2.50. The van der Waals surface area contributed by atoms with Crippen LogP contribution in [0.3, 0.4) is 0 Å². The first kappa shape index (κ1) is 18.5. The number of carbonyl (C=O) groups is 2. The van der Waals surface area contributed by atoms with Crippen LogP contribution in [0.4, 0.5) is 0 Å². The number of alkyl halides is 1. The number of halogens is 2. The molecule has 0 unspecified atom stereocenters. The highest BCUT2D eigenvalue weighted by molar-refractivity contribution is 9.09. The van der Waals surface area contributed by atoms with Gasteiger partial charge in [0.2, 0.25) is 0 Å². The lowest BCUT2D eigenvalue weighted by atomic mass is 10.1. The van der Waals surface area contributed by atoms with E-state index in [1.165, 1.54) is 12.3 Å². The lowest BCUT2D eigenvalue weighted by Crippen LogP contribution is -2.09. The number of allylic oxidation sites excluding steroid dienone is 1. The second-order valence-electron chi connectivity index (χ2n) is 4.10. The summed E-state index contributed by atoms with van der Waals surface area (Å²) in [6, 6.07) is 6.62. The maximum absolute atomic E-state index is 11.8. The molecule has 6 heteroatoms. The Balaban J connectivity index is 2.47. The Labute approximate surface area is 142 Å². The highest BCUT2D eigenvalue weighted by Gasteiger charge is 2.08. The molecule has 0 atom stereocenters. The molecule has 0 aromatic heterocycles. The van der Waals surface area contributed by atoms with E-state index in [9.17, 15) is 9.59 Å². The smallest absolute Gasteiger partial charge is 0.337 e. The molecule has 0 spiro atoms. The van der Waals surface area contributed by atoms with Crippen molar-refractivity contribution in [3.05, 3.63) is 58.8 Å². The Bertz CT molecular complexity index is 564. The Hall–Kier alpha value is -1.59. The molecule has 0 amide bonds. The number of esters is 1. The second-order valence-corrected chi connectivity index (χ2v) is 5.10. The average Bonchev–Trinajstić information content (AvgIpc) is 2.51. The van der Waals surface area contributed by atoms with E-state index >= 15 is 0 Å². The summed E-state index contributed by atoms with van der Waals surface area (Å²) in [7, 11) is 0. The van der Waals surface area contributed by atoms with Gasteiger partial charge < -0.3 is 9.47 Å². The standard InChI is InChI=1S/C16H16BrClO4/c1-2-22-16(20)13(10-17)11-21-9-3-4-15(19)12-5-7-14(18)8-6-12/h3-8,11H,2,9-10H2,1H3/b4-3+,13-11+. The minimum absolute atomic E-state index is 0.143. The number of hydrogen-bond acceptors (Lipinski definition) is 4. The van der Waals surface area contributed by atoms with Crippen molar-refractivity contribution in [3.63, 3.8) is 0 Å². The SMILES string of the molecule is CCOC(=O)/C(=C/OC/C=C/C(=O)c1ccc(Cl)cc1)CBr. The van der Waals surface area contributed by atoms with E-state index in [1.807, 2.05) is 0 Å². The van der Waals surface area contributed by atoms with E-state index in [0.717, 1.165) is 0 Å². The van der Waals surface area contributed by atoms with Gasteiger partial charge in [-0.1, -0.05) is 27.5 Å². The topological polar surface area (TPSA) is 52.6 Å². The number of carbonyl (C=O) groups excluding carboxylic acids is 2. The molecular weight excluding hydrogens is 372 g/mol. The number of hydrogen-bond donors (Lipinski definition) is 0. The summed E-state index contributed by atoms with van der Waals surface area (Å²) in [5.74, 6) is -0.573. The number of benzene rings is 1. The Morgan fingerprint density at radius 3 is 2.55 bits per heavy atom. The Morgan fingerprint density at radius 2 is 1.95 bits per heavy atom. The molecule has 1 aromatic rings. The molecular formula is C16H16BrClO4. The van der Waals surface area contributed by atoms with Crippen molar-refractivity contribution < 1.29 is 19.1 Å². The Kier molecular flexibility index (Phi) is 8.55. The summed E-state index contributed by atoms with van der Waals surface area (Å²) >= 11 is 8.94. The quantitative estimate of drug-likeness (QED) is 0.169. The molecule has 0 N–H and O–H groups in total. The lowest BCUT2D eigenvalue weighted by Gasteiger charge is -2.03. The fourth-order valence-electron chi connectivity index (χ4n) is 1.43. The van der Waals surface area contributed by atoms with Crippen LogP contribution in [0.2, 0.25) is 5.02 Å². The molecule has 0 bridgehead atoms. The molecule has 0 radical (unpaired) electrons. The van der Waals surface area contributed by atoms with Gasteiger partial charge in [-0.25, -0.2) is 4.79 Å². The molecule has 0 heterocycles. The predicted molar refractivity (Wildman–Crippen MR) is 89.4 cm³/mol. The van der Waals surface area contributed by atoms with Crippen LogP contribution >= 0.6 is 27.5 Å². The van der Waals surface area contributed by atoms with E-state index in [4.69, 9.17) is 21.1 Å². The maximum atomic E-state index is 11.8. The molecule has 22 heavy (non-hydrogen) atoms. The normalized spacial score (nSPS) is 11.5. The van der Waals surface area contributed by atoms with Gasteiger partial charge in [0.1, 0.15) is 6.61 Å². The van der Waals surface area contributed by atoms with Gasteiger partial charge in [0.25, 0.3) is 0 Å². The molecule has 0 saturated heterocycles. The maximum Gasteiger partial charge on any atom is 0.337 e. The van der Waals surface area contributed by atoms with Crippen LogP contribution in [0.15, 0.2) is 48.3 Å². The fourth-order valence-corrected chi connectivity index (χ4v) is 1.91. The van der Waals surface area contributed by atoms with Crippen LogP contribution < -0.4 is 0 Å². The zero-order valence-corrected chi connectivity index (χ0v) is 14.4. The summed E-state index contributed by atoms with van der Waals surface area (Å²) < 4.78 is 10.1. The molecule has 1 aromatic carbocycles. The van der Waals surface area contributed by atoms with E-state index in [1.54, 1.807) is 37.3 Å². The van der Waals surface area contributed by atoms with Gasteiger partial charge in [-0.2, -0.15) is 0 Å². The summed E-state index contributed by atoms with van der Waals surface area (Å²) in [5.41, 5.74) is 0.920. The average molecular weight is 388 g/mol. The number of ketones is 1. The van der Waals surface area contributed by atoms with E-state index in [-0.39, 0.29) is 12.4 Å². The van der Waals surface area contributed by atoms with E-state index in [2.05, 4.69) is 15.9 Å². The highest BCUT2D eigenvalue weighted by atomic mass is 79.9. The first-order valence-electron chi connectivity index (χ1n) is 6.58. The number of rotatable bonds is 8. The zero-order valence-electron chi connectivity index (χ0n) is 12.1. The van der Waals surface area contributed by atoms with Crippen molar-refractivity contribution >= 4 is 39.3 Å². The predicted octanol–water partition coefficient (Wildman–Crippen LogP) is 3.94. The minimum atomic E-state index is -0.430. The van der Waals surface area contributed by atoms with Crippen molar-refractivity contribution in [2.45, 2.75) is 6.92 Å². The fraction of sp³-hybridized carbons (Fsp3) is 0.250. The summed E-state index contributed by atoms with van der Waals surface area (Å²) in [6.45, 7) is 2.21. The van der Waals surface area contributed by atoms with Crippen molar-refractivity contribution in [1.29, 1.82) is 0 Å².